The predicted octanol–water partition coefficient (Wildman–Crippen LogP) is 2.51. The summed E-state index contributed by atoms with van der Waals surface area (Å²) >= 11 is 0. The first kappa shape index (κ1) is 19.3. The van der Waals surface area contributed by atoms with Crippen molar-refractivity contribution >= 4 is 5.91 Å². The molecule has 144 valence electrons. The van der Waals surface area contributed by atoms with Gasteiger partial charge in [0.05, 0.1) is 13.3 Å². The summed E-state index contributed by atoms with van der Waals surface area (Å²) in [4.78, 5) is 24.9. The molecular formula is C21H28N4O2. The molecule has 0 N–H and O–H groups in total. The fraction of sp³-hybridized carbons (Fsp3) is 0.476. The molecule has 1 fully saturated rings. The molecule has 2 heterocycles. The van der Waals surface area contributed by atoms with E-state index in [2.05, 4.69) is 27.0 Å². The Morgan fingerprint density at radius 3 is 2.96 bits per heavy atom. The first-order valence-corrected chi connectivity index (χ1v) is 9.53. The van der Waals surface area contributed by atoms with Gasteiger partial charge in [-0.2, -0.15) is 0 Å². The van der Waals surface area contributed by atoms with E-state index >= 15 is 0 Å². The number of hydrogen-bond acceptors (Lipinski definition) is 5. The molecule has 0 aliphatic carbocycles. The minimum atomic E-state index is -0.0609. The van der Waals surface area contributed by atoms with Crippen molar-refractivity contribution in [3.05, 3.63) is 54.1 Å². The van der Waals surface area contributed by atoms with E-state index in [0.29, 0.717) is 11.6 Å². The molecule has 1 aliphatic rings. The number of ether oxygens (including phenoxy) is 1. The maximum absolute atomic E-state index is 12.5. The number of aromatic nitrogens is 2. The first-order valence-electron chi connectivity index (χ1n) is 9.53. The number of amides is 1. The second kappa shape index (κ2) is 9.46. The van der Waals surface area contributed by atoms with E-state index in [1.54, 1.807) is 24.4 Å². The largest absolute Gasteiger partial charge is 0.496 e. The van der Waals surface area contributed by atoms with Gasteiger partial charge in [0, 0.05) is 39.1 Å². The zero-order valence-electron chi connectivity index (χ0n) is 16.2. The molecule has 0 radical (unpaired) electrons. The van der Waals surface area contributed by atoms with E-state index in [0.717, 1.165) is 44.8 Å². The number of piperidine rings is 1. The average Bonchev–Trinajstić information content (AvgIpc) is 2.72. The highest BCUT2D eigenvalue weighted by Crippen LogP contribution is 2.21. The highest BCUT2D eigenvalue weighted by molar-refractivity contribution is 5.91. The number of hydrogen-bond donors (Lipinski definition) is 0. The Labute approximate surface area is 161 Å². The zero-order chi connectivity index (χ0) is 19.1. The highest BCUT2D eigenvalue weighted by atomic mass is 16.5. The number of nitrogens with zero attached hydrogens (tertiary/aromatic N) is 4. The average molecular weight is 368 g/mol. The molecular weight excluding hydrogens is 340 g/mol. The van der Waals surface area contributed by atoms with Gasteiger partial charge in [-0.25, -0.2) is 4.98 Å². The van der Waals surface area contributed by atoms with E-state index in [1.165, 1.54) is 18.2 Å². The van der Waals surface area contributed by atoms with Crippen molar-refractivity contribution < 1.29 is 9.53 Å². The number of likely N-dealkylation sites (tertiary alicyclic amines) is 1. The van der Waals surface area contributed by atoms with Gasteiger partial charge in [-0.15, -0.1) is 0 Å². The van der Waals surface area contributed by atoms with Gasteiger partial charge in [0.25, 0.3) is 5.91 Å². The van der Waals surface area contributed by atoms with Gasteiger partial charge < -0.3 is 14.5 Å². The number of benzene rings is 1. The Morgan fingerprint density at radius 2 is 2.19 bits per heavy atom. The van der Waals surface area contributed by atoms with Crippen molar-refractivity contribution in [3.63, 3.8) is 0 Å². The zero-order valence-corrected chi connectivity index (χ0v) is 16.2. The van der Waals surface area contributed by atoms with Gasteiger partial charge >= 0.3 is 0 Å². The lowest BCUT2D eigenvalue weighted by Gasteiger charge is -2.34. The molecule has 1 aromatic carbocycles. The fourth-order valence-corrected chi connectivity index (χ4v) is 3.77. The molecule has 1 aliphatic heterocycles. The Balaban J connectivity index is 1.51. The van der Waals surface area contributed by atoms with Crippen LogP contribution in [0.2, 0.25) is 0 Å². The molecule has 0 unspecified atom stereocenters. The van der Waals surface area contributed by atoms with Crippen molar-refractivity contribution in [2.24, 2.45) is 5.92 Å². The van der Waals surface area contributed by atoms with Gasteiger partial charge in [-0.3, -0.25) is 9.78 Å². The smallest absolute Gasteiger partial charge is 0.273 e. The van der Waals surface area contributed by atoms with Crippen LogP contribution in [-0.2, 0) is 6.42 Å². The lowest BCUT2D eigenvalue weighted by atomic mass is 9.97. The van der Waals surface area contributed by atoms with E-state index in [1.807, 2.05) is 19.2 Å². The van der Waals surface area contributed by atoms with Crippen LogP contribution in [0.1, 0.15) is 28.9 Å². The summed E-state index contributed by atoms with van der Waals surface area (Å²) in [5, 5.41) is 0. The Morgan fingerprint density at radius 1 is 1.33 bits per heavy atom. The topological polar surface area (TPSA) is 58.6 Å². The van der Waals surface area contributed by atoms with Crippen LogP contribution in [0.15, 0.2) is 42.9 Å². The molecule has 27 heavy (non-hydrogen) atoms. The number of methoxy groups -OCH3 is 1. The molecule has 6 heteroatoms. The first-order chi connectivity index (χ1) is 13.2. The molecule has 3 rings (SSSR count). The second-order valence-electron chi connectivity index (χ2n) is 7.15. The lowest BCUT2D eigenvalue weighted by molar-refractivity contribution is 0.0724. The minimum absolute atomic E-state index is 0.0609. The van der Waals surface area contributed by atoms with Crippen LogP contribution in [0.25, 0.3) is 0 Å². The molecule has 0 saturated carbocycles. The summed E-state index contributed by atoms with van der Waals surface area (Å²) in [6, 6.07) is 8.21. The van der Waals surface area contributed by atoms with Gasteiger partial charge in [-0.1, -0.05) is 18.2 Å². The summed E-state index contributed by atoms with van der Waals surface area (Å²) in [6.07, 6.45) is 7.97. The minimum Gasteiger partial charge on any atom is -0.496 e. The van der Waals surface area contributed by atoms with E-state index in [9.17, 15) is 4.79 Å². The van der Waals surface area contributed by atoms with Gasteiger partial charge in [-0.05, 0) is 43.4 Å². The SMILES string of the molecule is COc1ccccc1CCN1CCC[C@H](CN(C)C(=O)c2cnccn2)C1. The van der Waals surface area contributed by atoms with Crippen molar-refractivity contribution in [1.82, 2.24) is 19.8 Å². The molecule has 1 saturated heterocycles. The van der Waals surface area contributed by atoms with Crippen LogP contribution in [-0.4, -0.2) is 66.0 Å². The van der Waals surface area contributed by atoms with Crippen molar-refractivity contribution in [3.8, 4) is 5.75 Å². The maximum atomic E-state index is 12.5. The van der Waals surface area contributed by atoms with Crippen molar-refractivity contribution in [2.75, 3.05) is 40.3 Å². The van der Waals surface area contributed by atoms with Crippen LogP contribution >= 0.6 is 0 Å². The third kappa shape index (κ3) is 5.26. The Bertz CT molecular complexity index is 738. The molecule has 0 spiro atoms. The molecule has 0 bridgehead atoms. The lowest BCUT2D eigenvalue weighted by Crippen LogP contribution is -2.42. The fourth-order valence-electron chi connectivity index (χ4n) is 3.77. The van der Waals surface area contributed by atoms with Crippen LogP contribution in [0.5, 0.6) is 5.75 Å². The van der Waals surface area contributed by atoms with Crippen LogP contribution in [0.3, 0.4) is 0 Å². The molecule has 6 nitrogen and oxygen atoms in total. The number of para-hydroxylation sites is 1. The molecule has 1 amide bonds. The standard InChI is InChI=1S/C21H28N4O2/c1-24(21(26)19-14-22-10-11-23-19)15-17-6-5-12-25(16-17)13-9-18-7-3-4-8-20(18)27-2/h3-4,7-8,10-11,14,17H,5-6,9,12-13,15-16H2,1-2H3/t17-/m1/s1. The number of carbonyl (C=O) groups excluding carboxylic acids is 1. The quantitative estimate of drug-likeness (QED) is 0.752. The summed E-state index contributed by atoms with van der Waals surface area (Å²) in [7, 11) is 3.57. The van der Waals surface area contributed by atoms with Gasteiger partial charge in [0.1, 0.15) is 11.4 Å². The van der Waals surface area contributed by atoms with Gasteiger partial charge in [0.2, 0.25) is 0 Å². The number of rotatable bonds is 7. The van der Waals surface area contributed by atoms with Crippen LogP contribution in [0.4, 0.5) is 0 Å². The third-order valence-electron chi connectivity index (χ3n) is 5.15. The summed E-state index contributed by atoms with van der Waals surface area (Å²) in [5.41, 5.74) is 1.65. The number of carbonyl (C=O) groups is 1. The predicted molar refractivity (Wildman–Crippen MR) is 105 cm³/mol. The van der Waals surface area contributed by atoms with Crippen molar-refractivity contribution in [1.29, 1.82) is 0 Å². The van der Waals surface area contributed by atoms with E-state index in [4.69, 9.17) is 4.74 Å². The normalized spacial score (nSPS) is 17.5. The Hall–Kier alpha value is -2.47. The molecule has 1 atom stereocenters. The highest BCUT2D eigenvalue weighted by Gasteiger charge is 2.23. The monoisotopic (exact) mass is 368 g/mol. The Kier molecular flexibility index (Phi) is 6.76. The van der Waals surface area contributed by atoms with E-state index in [-0.39, 0.29) is 5.91 Å². The second-order valence-corrected chi connectivity index (χ2v) is 7.15. The van der Waals surface area contributed by atoms with E-state index < -0.39 is 0 Å². The van der Waals surface area contributed by atoms with Gasteiger partial charge in [0.15, 0.2) is 0 Å². The maximum Gasteiger partial charge on any atom is 0.273 e. The van der Waals surface area contributed by atoms with Crippen LogP contribution in [0, 0.1) is 5.92 Å². The van der Waals surface area contributed by atoms with Crippen molar-refractivity contribution in [2.45, 2.75) is 19.3 Å². The third-order valence-corrected chi connectivity index (χ3v) is 5.15. The summed E-state index contributed by atoms with van der Waals surface area (Å²) < 4.78 is 5.45. The summed E-state index contributed by atoms with van der Waals surface area (Å²) in [5.74, 6) is 1.39. The molecule has 1 aromatic heterocycles. The molecule has 2 aromatic rings. The van der Waals surface area contributed by atoms with Crippen LogP contribution < -0.4 is 4.74 Å². The summed E-state index contributed by atoms with van der Waals surface area (Å²) in [6.45, 7) is 3.90.